The summed E-state index contributed by atoms with van der Waals surface area (Å²) in [7, 11) is 0. The molecule has 0 saturated carbocycles. The fourth-order valence-electron chi connectivity index (χ4n) is 5.07. The van der Waals surface area contributed by atoms with Crippen LogP contribution in [0.25, 0.3) is 11.3 Å². The molecular formula is C30H24N6O2. The van der Waals surface area contributed by atoms with Gasteiger partial charge in [-0.3, -0.25) is 0 Å². The van der Waals surface area contributed by atoms with Crippen molar-refractivity contribution in [3.05, 3.63) is 125 Å². The van der Waals surface area contributed by atoms with Gasteiger partial charge in [-0.15, -0.1) is 5.10 Å². The summed E-state index contributed by atoms with van der Waals surface area (Å²) in [4.78, 5) is 9.56. The molecule has 6 aromatic rings. The van der Waals surface area contributed by atoms with E-state index in [0.29, 0.717) is 23.2 Å². The van der Waals surface area contributed by atoms with E-state index in [9.17, 15) is 0 Å². The second-order valence-electron chi connectivity index (χ2n) is 9.31. The fourth-order valence-corrected chi connectivity index (χ4v) is 5.07. The number of hydrogen-bond donors (Lipinski definition) is 0. The van der Waals surface area contributed by atoms with Gasteiger partial charge in [-0.25, -0.2) is 19.2 Å². The van der Waals surface area contributed by atoms with Crippen molar-refractivity contribution in [1.82, 2.24) is 29.4 Å². The first-order valence-corrected chi connectivity index (χ1v) is 12.5. The SMILES string of the molecule is Cc1ccccc1OCc1nc2c3c(ncn2n1)Oc1c(c(C)nn1-c1ccccc1)[C@H]3c1ccccc1. The van der Waals surface area contributed by atoms with Gasteiger partial charge in [-0.1, -0.05) is 66.7 Å². The van der Waals surface area contributed by atoms with Crippen molar-refractivity contribution in [2.45, 2.75) is 26.4 Å². The van der Waals surface area contributed by atoms with Crippen LogP contribution in [0.3, 0.4) is 0 Å². The lowest BCUT2D eigenvalue weighted by atomic mass is 9.84. The van der Waals surface area contributed by atoms with E-state index in [0.717, 1.165) is 39.4 Å². The number of nitrogens with zero attached hydrogens (tertiary/aromatic N) is 6. The molecule has 3 aromatic carbocycles. The Balaban J connectivity index is 1.37. The first-order chi connectivity index (χ1) is 18.7. The van der Waals surface area contributed by atoms with Crippen LogP contribution in [0.5, 0.6) is 17.5 Å². The minimum atomic E-state index is -0.182. The van der Waals surface area contributed by atoms with Crippen molar-refractivity contribution < 1.29 is 9.47 Å². The van der Waals surface area contributed by atoms with Crippen LogP contribution in [-0.2, 0) is 6.61 Å². The fraction of sp³-hybridized carbons (Fsp3) is 0.133. The molecule has 0 fully saturated rings. The van der Waals surface area contributed by atoms with Gasteiger partial charge in [0.15, 0.2) is 11.5 Å². The van der Waals surface area contributed by atoms with Gasteiger partial charge in [0.25, 0.3) is 0 Å². The van der Waals surface area contributed by atoms with E-state index in [4.69, 9.17) is 19.6 Å². The zero-order valence-corrected chi connectivity index (χ0v) is 20.9. The minimum absolute atomic E-state index is 0.182. The van der Waals surface area contributed by atoms with Crippen molar-refractivity contribution in [3.8, 4) is 23.2 Å². The van der Waals surface area contributed by atoms with Crippen molar-refractivity contribution in [1.29, 1.82) is 0 Å². The van der Waals surface area contributed by atoms with Gasteiger partial charge in [0, 0.05) is 0 Å². The van der Waals surface area contributed by atoms with Crippen molar-refractivity contribution in [2.24, 2.45) is 0 Å². The first kappa shape index (κ1) is 22.2. The molecule has 8 nitrogen and oxygen atoms in total. The molecule has 38 heavy (non-hydrogen) atoms. The molecule has 0 N–H and O–H groups in total. The van der Waals surface area contributed by atoms with Gasteiger partial charge >= 0.3 is 0 Å². The summed E-state index contributed by atoms with van der Waals surface area (Å²) in [5.74, 6) is 2.35. The zero-order valence-electron chi connectivity index (χ0n) is 20.9. The molecule has 3 aromatic heterocycles. The molecule has 4 heterocycles. The number of rotatable bonds is 5. The Kier molecular flexibility index (Phi) is 5.18. The average molecular weight is 501 g/mol. The van der Waals surface area contributed by atoms with Crippen LogP contribution < -0.4 is 9.47 Å². The molecule has 1 atom stereocenters. The quantitative estimate of drug-likeness (QED) is 0.298. The van der Waals surface area contributed by atoms with E-state index in [1.165, 1.54) is 0 Å². The normalized spacial score (nSPS) is 14.1. The Morgan fingerprint density at radius 3 is 2.37 bits per heavy atom. The highest BCUT2D eigenvalue weighted by Crippen LogP contribution is 2.49. The number of hydrogen-bond acceptors (Lipinski definition) is 6. The highest BCUT2D eigenvalue weighted by molar-refractivity contribution is 5.66. The lowest BCUT2D eigenvalue weighted by molar-refractivity contribution is 0.294. The van der Waals surface area contributed by atoms with Crippen LogP contribution in [0, 0.1) is 13.8 Å². The number of benzene rings is 3. The van der Waals surface area contributed by atoms with Crippen molar-refractivity contribution in [2.75, 3.05) is 0 Å². The van der Waals surface area contributed by atoms with Crippen LogP contribution in [-0.4, -0.2) is 29.4 Å². The molecule has 0 radical (unpaired) electrons. The molecule has 0 amide bonds. The molecule has 0 spiro atoms. The second kappa shape index (κ2) is 8.85. The lowest BCUT2D eigenvalue weighted by Gasteiger charge is -2.26. The first-order valence-electron chi connectivity index (χ1n) is 12.5. The third-order valence-electron chi connectivity index (χ3n) is 6.85. The van der Waals surface area contributed by atoms with Gasteiger partial charge < -0.3 is 9.47 Å². The highest BCUT2D eigenvalue weighted by atomic mass is 16.5. The summed E-state index contributed by atoms with van der Waals surface area (Å²) < 4.78 is 16.1. The molecule has 186 valence electrons. The average Bonchev–Trinajstić information content (AvgIpc) is 3.53. The topological polar surface area (TPSA) is 79.4 Å². The monoisotopic (exact) mass is 500 g/mol. The van der Waals surface area contributed by atoms with Crippen molar-refractivity contribution >= 4 is 5.65 Å². The largest absolute Gasteiger partial charge is 0.485 e. The summed E-state index contributed by atoms with van der Waals surface area (Å²) in [6.45, 7) is 4.28. The van der Waals surface area contributed by atoms with Gasteiger partial charge in [-0.2, -0.15) is 5.10 Å². The van der Waals surface area contributed by atoms with Gasteiger partial charge in [0.05, 0.1) is 28.4 Å². The zero-order chi connectivity index (χ0) is 25.6. The molecule has 1 aliphatic heterocycles. The predicted octanol–water partition coefficient (Wildman–Crippen LogP) is 5.79. The van der Waals surface area contributed by atoms with Crippen molar-refractivity contribution in [3.63, 3.8) is 0 Å². The summed E-state index contributed by atoms with van der Waals surface area (Å²) in [6, 6.07) is 28.2. The summed E-state index contributed by atoms with van der Waals surface area (Å²) in [5, 5.41) is 9.55. The van der Waals surface area contributed by atoms with Crippen LogP contribution in [0.4, 0.5) is 0 Å². The van der Waals surface area contributed by atoms with E-state index in [1.807, 2.05) is 91.3 Å². The summed E-state index contributed by atoms with van der Waals surface area (Å²) >= 11 is 0. The number of para-hydroxylation sites is 2. The molecule has 8 heteroatoms. The minimum Gasteiger partial charge on any atom is -0.485 e. The third-order valence-corrected chi connectivity index (χ3v) is 6.85. The lowest BCUT2D eigenvalue weighted by Crippen LogP contribution is -2.16. The maximum atomic E-state index is 6.47. The maximum Gasteiger partial charge on any atom is 0.230 e. The number of ether oxygens (including phenoxy) is 2. The Morgan fingerprint density at radius 2 is 1.58 bits per heavy atom. The van der Waals surface area contributed by atoms with Gasteiger partial charge in [0.2, 0.25) is 11.8 Å². The number of fused-ring (bicyclic) bond motifs is 4. The molecule has 0 aliphatic carbocycles. The number of aromatic nitrogens is 6. The molecular weight excluding hydrogens is 476 g/mol. The van der Waals surface area contributed by atoms with E-state index in [-0.39, 0.29) is 12.5 Å². The maximum absolute atomic E-state index is 6.47. The third kappa shape index (κ3) is 3.61. The highest BCUT2D eigenvalue weighted by Gasteiger charge is 2.38. The van der Waals surface area contributed by atoms with Crippen LogP contribution >= 0.6 is 0 Å². The Hall–Kier alpha value is -4.98. The Morgan fingerprint density at radius 1 is 0.842 bits per heavy atom. The van der Waals surface area contributed by atoms with E-state index >= 15 is 0 Å². The van der Waals surface area contributed by atoms with Gasteiger partial charge in [0.1, 0.15) is 18.7 Å². The van der Waals surface area contributed by atoms with E-state index < -0.39 is 0 Å². The molecule has 0 unspecified atom stereocenters. The summed E-state index contributed by atoms with van der Waals surface area (Å²) in [6.07, 6.45) is 1.64. The molecule has 1 aliphatic rings. The summed E-state index contributed by atoms with van der Waals surface area (Å²) in [5.41, 5.74) is 6.50. The Labute approximate surface area is 219 Å². The molecule has 7 rings (SSSR count). The standard InChI is InChI=1S/C30H24N6O2/c1-19-11-9-10-16-23(19)37-17-24-32-28-27-26(21-12-5-3-6-13-21)25-20(2)33-36(22-14-7-4-8-15-22)30(25)38-29(27)31-18-35(28)34-24/h3-16,18,26H,17H2,1-2H3/t26-/m1/s1. The van der Waals surface area contributed by atoms with Crippen LogP contribution in [0.2, 0.25) is 0 Å². The smallest absolute Gasteiger partial charge is 0.230 e. The van der Waals surface area contributed by atoms with Crippen LogP contribution in [0.1, 0.15) is 39.7 Å². The van der Waals surface area contributed by atoms with Crippen LogP contribution in [0.15, 0.2) is 91.3 Å². The van der Waals surface area contributed by atoms with Gasteiger partial charge in [-0.05, 0) is 43.2 Å². The Bertz CT molecular complexity index is 1780. The molecule has 0 saturated heterocycles. The van der Waals surface area contributed by atoms with E-state index in [1.54, 1.807) is 10.8 Å². The van der Waals surface area contributed by atoms with E-state index in [2.05, 4.69) is 22.2 Å². The molecule has 0 bridgehead atoms. The number of aryl methyl sites for hydroxylation is 2. The second-order valence-corrected chi connectivity index (χ2v) is 9.31. The predicted molar refractivity (Wildman–Crippen MR) is 142 cm³/mol.